The van der Waals surface area contributed by atoms with E-state index in [4.69, 9.17) is 18.0 Å². The van der Waals surface area contributed by atoms with Crippen molar-refractivity contribution in [3.63, 3.8) is 0 Å². The molecule has 0 spiro atoms. The maximum atomic E-state index is 5.63. The van der Waals surface area contributed by atoms with Crippen molar-refractivity contribution in [2.45, 2.75) is 32.7 Å². The van der Waals surface area contributed by atoms with Gasteiger partial charge in [0, 0.05) is 12.6 Å². The van der Waals surface area contributed by atoms with E-state index >= 15 is 0 Å². The molecule has 1 fully saturated rings. The van der Waals surface area contributed by atoms with Crippen molar-refractivity contribution in [1.29, 1.82) is 0 Å². The first-order valence-corrected chi connectivity index (χ1v) is 6.54. The maximum Gasteiger partial charge on any atom is 0.129 e. The Bertz CT molecular complexity index is 417. The van der Waals surface area contributed by atoms with E-state index < -0.39 is 0 Å². The van der Waals surface area contributed by atoms with Gasteiger partial charge in [-0.3, -0.25) is 0 Å². The zero-order chi connectivity index (χ0) is 12.4. The van der Waals surface area contributed by atoms with Crippen molar-refractivity contribution in [2.24, 2.45) is 11.7 Å². The number of hydrogen-bond donors (Lipinski definition) is 1. The van der Waals surface area contributed by atoms with Gasteiger partial charge in [0.2, 0.25) is 0 Å². The number of nitrogens with two attached hydrogens (primary N) is 1. The standard InChI is InChI=1S/C13H19N3S/c1-9(2)11-6-4-8-16(11)12-7-3-5-10(15-12)13(14)17/h3,5,7,9,11H,4,6,8H2,1-2H3,(H2,14,17). The lowest BCUT2D eigenvalue weighted by molar-refractivity contribution is 0.489. The number of thiocarbonyl (C=S) groups is 1. The molecule has 0 aromatic carbocycles. The van der Waals surface area contributed by atoms with Gasteiger partial charge in [-0.1, -0.05) is 32.1 Å². The summed E-state index contributed by atoms with van der Waals surface area (Å²) in [5.41, 5.74) is 6.34. The van der Waals surface area contributed by atoms with Crippen LogP contribution in [-0.2, 0) is 0 Å². The van der Waals surface area contributed by atoms with Crippen LogP contribution in [0.3, 0.4) is 0 Å². The molecular formula is C13H19N3S. The van der Waals surface area contributed by atoms with Crippen molar-refractivity contribution in [1.82, 2.24) is 4.98 Å². The average Bonchev–Trinajstić information content (AvgIpc) is 2.78. The number of rotatable bonds is 3. The van der Waals surface area contributed by atoms with E-state index in [2.05, 4.69) is 23.7 Å². The first-order chi connectivity index (χ1) is 8.09. The van der Waals surface area contributed by atoms with Crippen LogP contribution in [0.5, 0.6) is 0 Å². The quantitative estimate of drug-likeness (QED) is 0.835. The van der Waals surface area contributed by atoms with Gasteiger partial charge >= 0.3 is 0 Å². The lowest BCUT2D eigenvalue weighted by atomic mass is 10.0. The molecule has 2 N–H and O–H groups in total. The highest BCUT2D eigenvalue weighted by Crippen LogP contribution is 2.28. The Balaban J connectivity index is 2.27. The second-order valence-electron chi connectivity index (χ2n) is 4.89. The zero-order valence-electron chi connectivity index (χ0n) is 10.4. The lowest BCUT2D eigenvalue weighted by Gasteiger charge is -2.28. The van der Waals surface area contributed by atoms with Crippen LogP contribution >= 0.6 is 12.2 Å². The second kappa shape index (κ2) is 5.00. The third kappa shape index (κ3) is 2.57. The van der Waals surface area contributed by atoms with Crippen LogP contribution < -0.4 is 10.6 Å². The minimum Gasteiger partial charge on any atom is -0.388 e. The molecule has 2 heterocycles. The number of nitrogens with zero attached hydrogens (tertiary/aromatic N) is 2. The minimum atomic E-state index is 0.368. The first-order valence-electron chi connectivity index (χ1n) is 6.13. The van der Waals surface area contributed by atoms with Gasteiger partial charge in [0.05, 0.1) is 5.69 Å². The van der Waals surface area contributed by atoms with Crippen molar-refractivity contribution >= 4 is 23.0 Å². The van der Waals surface area contributed by atoms with Gasteiger partial charge in [-0.05, 0) is 30.9 Å². The summed E-state index contributed by atoms with van der Waals surface area (Å²) in [5.74, 6) is 1.65. The van der Waals surface area contributed by atoms with Crippen molar-refractivity contribution in [3.8, 4) is 0 Å². The molecule has 2 rings (SSSR count). The summed E-state index contributed by atoms with van der Waals surface area (Å²) in [6, 6.07) is 6.48. The minimum absolute atomic E-state index is 0.368. The van der Waals surface area contributed by atoms with Gasteiger partial charge in [-0.15, -0.1) is 0 Å². The summed E-state index contributed by atoms with van der Waals surface area (Å²) in [5, 5.41) is 0. The third-order valence-electron chi connectivity index (χ3n) is 3.35. The topological polar surface area (TPSA) is 42.1 Å². The van der Waals surface area contributed by atoms with Gasteiger partial charge in [0.25, 0.3) is 0 Å². The summed E-state index contributed by atoms with van der Waals surface area (Å²) in [6.07, 6.45) is 2.48. The Hall–Kier alpha value is -1.16. The normalized spacial score (nSPS) is 19.9. The van der Waals surface area contributed by atoms with Crippen LogP contribution in [0.15, 0.2) is 18.2 Å². The Morgan fingerprint density at radius 2 is 2.29 bits per heavy atom. The molecule has 0 aliphatic carbocycles. The van der Waals surface area contributed by atoms with Gasteiger partial charge in [-0.2, -0.15) is 0 Å². The Morgan fingerprint density at radius 3 is 2.94 bits per heavy atom. The smallest absolute Gasteiger partial charge is 0.129 e. The summed E-state index contributed by atoms with van der Waals surface area (Å²) in [4.78, 5) is 7.30. The fourth-order valence-electron chi connectivity index (χ4n) is 2.49. The summed E-state index contributed by atoms with van der Waals surface area (Å²) >= 11 is 4.97. The van der Waals surface area contributed by atoms with Crippen LogP contribution in [-0.4, -0.2) is 22.6 Å². The molecule has 92 valence electrons. The molecule has 1 aromatic rings. The molecule has 0 radical (unpaired) electrons. The molecule has 4 heteroatoms. The Morgan fingerprint density at radius 1 is 1.53 bits per heavy atom. The highest BCUT2D eigenvalue weighted by atomic mass is 32.1. The lowest BCUT2D eigenvalue weighted by Crippen LogP contribution is -2.34. The number of aromatic nitrogens is 1. The van der Waals surface area contributed by atoms with Gasteiger partial charge in [0.15, 0.2) is 0 Å². The summed E-state index contributed by atoms with van der Waals surface area (Å²) in [6.45, 7) is 5.61. The second-order valence-corrected chi connectivity index (χ2v) is 5.33. The highest BCUT2D eigenvalue weighted by Gasteiger charge is 2.28. The van der Waals surface area contributed by atoms with Gasteiger partial charge in [-0.25, -0.2) is 4.98 Å². The molecule has 0 bridgehead atoms. The van der Waals surface area contributed by atoms with Crippen molar-refractivity contribution < 1.29 is 0 Å². The van der Waals surface area contributed by atoms with E-state index in [1.165, 1.54) is 12.8 Å². The van der Waals surface area contributed by atoms with E-state index in [0.29, 0.717) is 22.6 Å². The Kier molecular flexibility index (Phi) is 3.62. The average molecular weight is 249 g/mol. The number of pyridine rings is 1. The molecule has 1 aliphatic heterocycles. The first kappa shape index (κ1) is 12.3. The van der Waals surface area contributed by atoms with E-state index in [1.807, 2.05) is 18.2 Å². The maximum absolute atomic E-state index is 5.63. The van der Waals surface area contributed by atoms with Crippen molar-refractivity contribution in [3.05, 3.63) is 23.9 Å². The largest absolute Gasteiger partial charge is 0.388 e. The van der Waals surface area contributed by atoms with E-state index in [1.54, 1.807) is 0 Å². The molecule has 1 atom stereocenters. The van der Waals surface area contributed by atoms with Gasteiger partial charge in [0.1, 0.15) is 10.8 Å². The molecular weight excluding hydrogens is 230 g/mol. The van der Waals surface area contributed by atoms with E-state index in [0.717, 1.165) is 12.4 Å². The fourth-order valence-corrected chi connectivity index (χ4v) is 2.60. The molecule has 1 aromatic heterocycles. The van der Waals surface area contributed by atoms with Crippen LogP contribution in [0, 0.1) is 5.92 Å². The van der Waals surface area contributed by atoms with Crippen LogP contribution in [0.1, 0.15) is 32.4 Å². The molecule has 3 nitrogen and oxygen atoms in total. The predicted molar refractivity (Wildman–Crippen MR) is 75.3 cm³/mol. The summed E-state index contributed by atoms with van der Waals surface area (Å²) in [7, 11) is 0. The van der Waals surface area contributed by atoms with Crippen LogP contribution in [0.2, 0.25) is 0 Å². The zero-order valence-corrected chi connectivity index (χ0v) is 11.2. The van der Waals surface area contributed by atoms with Crippen LogP contribution in [0.25, 0.3) is 0 Å². The van der Waals surface area contributed by atoms with Crippen molar-refractivity contribution in [2.75, 3.05) is 11.4 Å². The molecule has 1 aliphatic rings. The fraction of sp³-hybridized carbons (Fsp3) is 0.538. The van der Waals surface area contributed by atoms with E-state index in [9.17, 15) is 0 Å². The SMILES string of the molecule is CC(C)C1CCCN1c1cccc(C(N)=S)n1. The molecule has 0 amide bonds. The number of anilines is 1. The monoisotopic (exact) mass is 249 g/mol. The number of hydrogen-bond acceptors (Lipinski definition) is 3. The molecule has 0 saturated carbocycles. The third-order valence-corrected chi connectivity index (χ3v) is 3.56. The van der Waals surface area contributed by atoms with Gasteiger partial charge < -0.3 is 10.6 Å². The predicted octanol–water partition coefficient (Wildman–Crippen LogP) is 2.34. The van der Waals surface area contributed by atoms with E-state index in [-0.39, 0.29) is 0 Å². The highest BCUT2D eigenvalue weighted by molar-refractivity contribution is 7.80. The van der Waals surface area contributed by atoms with Crippen LogP contribution in [0.4, 0.5) is 5.82 Å². The molecule has 1 saturated heterocycles. The molecule has 1 unspecified atom stereocenters. The molecule has 17 heavy (non-hydrogen) atoms. The summed E-state index contributed by atoms with van der Waals surface area (Å²) < 4.78 is 0. The Labute approximate surface area is 108 Å².